The summed E-state index contributed by atoms with van der Waals surface area (Å²) < 4.78 is 0. The van der Waals surface area contributed by atoms with Crippen LogP contribution in [0.25, 0.3) is 0 Å². The Balaban J connectivity index is 2.31. The van der Waals surface area contributed by atoms with E-state index < -0.39 is 0 Å². The first kappa shape index (κ1) is 23.1. The maximum Gasteiger partial charge on any atom is 0.0888 e. The van der Waals surface area contributed by atoms with Crippen LogP contribution in [0.5, 0.6) is 0 Å². The molecule has 0 fully saturated rings. The highest BCUT2D eigenvalue weighted by atomic mass is 17.2. The molecule has 2 unspecified atom stereocenters. The zero-order valence-corrected chi connectivity index (χ0v) is 17.2. The van der Waals surface area contributed by atoms with Crippen molar-refractivity contribution in [3.05, 3.63) is 35.4 Å². The molecule has 0 saturated carbocycles. The fourth-order valence-corrected chi connectivity index (χ4v) is 2.60. The lowest BCUT2D eigenvalue weighted by Gasteiger charge is -2.16. The van der Waals surface area contributed by atoms with E-state index in [0.717, 1.165) is 12.8 Å². The molecular weight excluding hydrogens is 328 g/mol. The molecule has 4 heteroatoms. The lowest BCUT2D eigenvalue weighted by molar-refractivity contribution is -0.297. The summed E-state index contributed by atoms with van der Waals surface area (Å²) in [6.45, 7) is 11.2. The Kier molecular flexibility index (Phi) is 13.5. The van der Waals surface area contributed by atoms with Crippen LogP contribution in [0.3, 0.4) is 0 Å². The Morgan fingerprint density at radius 1 is 0.692 bits per heavy atom. The highest BCUT2D eigenvalue weighted by Gasteiger charge is 2.11. The van der Waals surface area contributed by atoms with Gasteiger partial charge in [-0.3, -0.25) is 0 Å². The molecule has 0 saturated heterocycles. The Labute approximate surface area is 160 Å². The summed E-state index contributed by atoms with van der Waals surface area (Å²) in [6.07, 6.45) is 6.86. The number of hydrogen-bond donors (Lipinski definition) is 0. The molecule has 0 spiro atoms. The van der Waals surface area contributed by atoms with E-state index in [4.69, 9.17) is 19.6 Å². The molecule has 1 aromatic carbocycles. The van der Waals surface area contributed by atoms with Crippen molar-refractivity contribution >= 4 is 0 Å². The van der Waals surface area contributed by atoms with Gasteiger partial charge in [0.2, 0.25) is 0 Å². The molecule has 0 aromatic heterocycles. The van der Waals surface area contributed by atoms with Gasteiger partial charge in [-0.25, -0.2) is 19.6 Å². The molecule has 0 bridgehead atoms. The first-order valence-corrected chi connectivity index (χ1v) is 10.3. The standard InChI is InChI=1S/C22H38O4/c1-5-7-9-14-23-25-17-19(3)21-12-11-13-22(16-21)20(4)18-26-24-15-10-8-6-2/h11-13,16,19-20H,5-10,14-15,17-18H2,1-4H3. The molecular formula is C22H38O4. The number of benzene rings is 1. The molecule has 4 nitrogen and oxygen atoms in total. The SMILES string of the molecule is CCCCCOOCC(C)c1cccc(C(C)COOCCCCC)c1. The molecule has 26 heavy (non-hydrogen) atoms. The second-order valence-electron chi connectivity index (χ2n) is 7.10. The van der Waals surface area contributed by atoms with Crippen molar-refractivity contribution in [2.75, 3.05) is 26.4 Å². The minimum Gasteiger partial charge on any atom is -0.237 e. The minimum absolute atomic E-state index is 0.291. The highest BCUT2D eigenvalue weighted by molar-refractivity contribution is 5.28. The third-order valence-electron chi connectivity index (χ3n) is 4.51. The predicted molar refractivity (Wildman–Crippen MR) is 106 cm³/mol. The molecule has 0 radical (unpaired) electrons. The summed E-state index contributed by atoms with van der Waals surface area (Å²) in [5.41, 5.74) is 2.52. The Morgan fingerprint density at radius 3 is 1.58 bits per heavy atom. The third kappa shape index (κ3) is 10.3. The van der Waals surface area contributed by atoms with Gasteiger partial charge in [-0.15, -0.1) is 0 Å². The summed E-state index contributed by atoms with van der Waals surface area (Å²) >= 11 is 0. The summed E-state index contributed by atoms with van der Waals surface area (Å²) in [4.78, 5) is 21.3. The van der Waals surface area contributed by atoms with E-state index in [1.807, 2.05) is 0 Å². The van der Waals surface area contributed by atoms with Gasteiger partial charge in [0.25, 0.3) is 0 Å². The molecule has 0 aliphatic rings. The fraction of sp³-hybridized carbons (Fsp3) is 0.727. The number of hydrogen-bond acceptors (Lipinski definition) is 4. The molecule has 150 valence electrons. The van der Waals surface area contributed by atoms with Crippen LogP contribution in [-0.4, -0.2) is 26.4 Å². The van der Waals surface area contributed by atoms with Crippen LogP contribution in [0.15, 0.2) is 24.3 Å². The van der Waals surface area contributed by atoms with Crippen LogP contribution in [0.4, 0.5) is 0 Å². The number of rotatable bonds is 16. The van der Waals surface area contributed by atoms with Gasteiger partial charge in [0.1, 0.15) is 0 Å². The van der Waals surface area contributed by atoms with Crippen LogP contribution in [0.1, 0.15) is 89.2 Å². The quantitative estimate of drug-likeness (QED) is 0.199. The zero-order chi connectivity index (χ0) is 19.0. The van der Waals surface area contributed by atoms with Gasteiger partial charge < -0.3 is 0 Å². The lowest BCUT2D eigenvalue weighted by atomic mass is 9.95. The van der Waals surface area contributed by atoms with Gasteiger partial charge in [-0.1, -0.05) is 77.6 Å². The van der Waals surface area contributed by atoms with Crippen molar-refractivity contribution in [2.24, 2.45) is 0 Å². The molecule has 1 rings (SSSR count). The summed E-state index contributed by atoms with van der Waals surface area (Å²) in [7, 11) is 0. The largest absolute Gasteiger partial charge is 0.237 e. The topological polar surface area (TPSA) is 36.9 Å². The molecule has 0 amide bonds. The summed E-state index contributed by atoms with van der Waals surface area (Å²) in [5.74, 6) is 0.582. The molecule has 0 N–H and O–H groups in total. The van der Waals surface area contributed by atoms with Crippen LogP contribution < -0.4 is 0 Å². The van der Waals surface area contributed by atoms with Crippen molar-refractivity contribution in [3.63, 3.8) is 0 Å². The van der Waals surface area contributed by atoms with Crippen molar-refractivity contribution in [2.45, 2.75) is 78.1 Å². The second-order valence-corrected chi connectivity index (χ2v) is 7.10. The maximum absolute atomic E-state index is 5.36. The molecule has 2 atom stereocenters. The van der Waals surface area contributed by atoms with Gasteiger partial charge in [0.05, 0.1) is 26.4 Å². The van der Waals surface area contributed by atoms with E-state index in [-0.39, 0.29) is 0 Å². The monoisotopic (exact) mass is 366 g/mol. The van der Waals surface area contributed by atoms with Crippen molar-refractivity contribution in [3.8, 4) is 0 Å². The van der Waals surface area contributed by atoms with E-state index in [9.17, 15) is 0 Å². The second kappa shape index (κ2) is 15.2. The van der Waals surface area contributed by atoms with Crippen molar-refractivity contribution in [1.82, 2.24) is 0 Å². The van der Waals surface area contributed by atoms with E-state index >= 15 is 0 Å². The van der Waals surface area contributed by atoms with Gasteiger partial charge in [0, 0.05) is 11.8 Å². The van der Waals surface area contributed by atoms with Gasteiger partial charge in [-0.2, -0.15) is 0 Å². The average molecular weight is 367 g/mol. The Bertz CT molecular complexity index is 412. The van der Waals surface area contributed by atoms with E-state index in [1.54, 1.807) is 0 Å². The van der Waals surface area contributed by atoms with Gasteiger partial charge in [0.15, 0.2) is 0 Å². The maximum atomic E-state index is 5.36. The van der Waals surface area contributed by atoms with Crippen LogP contribution in [-0.2, 0) is 19.6 Å². The number of unbranched alkanes of at least 4 members (excludes halogenated alkanes) is 4. The Morgan fingerprint density at radius 2 is 1.15 bits per heavy atom. The molecule has 0 aliphatic carbocycles. The normalized spacial score (nSPS) is 13.7. The van der Waals surface area contributed by atoms with Gasteiger partial charge in [-0.05, 0) is 24.0 Å². The van der Waals surface area contributed by atoms with Gasteiger partial charge >= 0.3 is 0 Å². The van der Waals surface area contributed by atoms with Crippen molar-refractivity contribution in [1.29, 1.82) is 0 Å². The van der Waals surface area contributed by atoms with Crippen LogP contribution >= 0.6 is 0 Å². The first-order valence-electron chi connectivity index (χ1n) is 10.3. The minimum atomic E-state index is 0.291. The molecule has 0 aliphatic heterocycles. The summed E-state index contributed by atoms with van der Waals surface area (Å²) in [6, 6.07) is 8.62. The van der Waals surface area contributed by atoms with Crippen molar-refractivity contribution < 1.29 is 19.6 Å². The van der Waals surface area contributed by atoms with E-state index in [0.29, 0.717) is 38.3 Å². The fourth-order valence-electron chi connectivity index (χ4n) is 2.60. The summed E-state index contributed by atoms with van der Waals surface area (Å²) in [5, 5.41) is 0. The van der Waals surface area contributed by atoms with Crippen LogP contribution in [0.2, 0.25) is 0 Å². The molecule has 1 aromatic rings. The van der Waals surface area contributed by atoms with E-state index in [1.165, 1.54) is 36.8 Å². The smallest absolute Gasteiger partial charge is 0.0888 e. The predicted octanol–water partition coefficient (Wildman–Crippen LogP) is 6.17. The molecule has 0 heterocycles. The Hall–Kier alpha value is -0.940. The highest BCUT2D eigenvalue weighted by Crippen LogP contribution is 2.22. The average Bonchev–Trinajstić information content (AvgIpc) is 2.67. The third-order valence-corrected chi connectivity index (χ3v) is 4.51. The lowest BCUT2D eigenvalue weighted by Crippen LogP contribution is -2.09. The van der Waals surface area contributed by atoms with E-state index in [2.05, 4.69) is 52.0 Å². The zero-order valence-electron chi connectivity index (χ0n) is 17.2. The first-order chi connectivity index (χ1) is 12.7. The van der Waals surface area contributed by atoms with Crippen LogP contribution in [0, 0.1) is 0 Å².